The van der Waals surface area contributed by atoms with Gasteiger partial charge in [0.25, 0.3) is 0 Å². The average molecular weight is 287 g/mol. The summed E-state index contributed by atoms with van der Waals surface area (Å²) in [7, 11) is 1.62. The molecule has 0 unspecified atom stereocenters. The number of nitrogens with two attached hydrogens (primary N) is 1. The first-order valence-electron chi connectivity index (χ1n) is 7.36. The van der Waals surface area contributed by atoms with Crippen LogP contribution in [0.3, 0.4) is 0 Å². The average Bonchev–Trinajstić information content (AvgIpc) is 3.17. The van der Waals surface area contributed by atoms with Gasteiger partial charge in [-0.1, -0.05) is 12.8 Å². The first kappa shape index (κ1) is 13.8. The zero-order valence-corrected chi connectivity index (χ0v) is 12.3. The van der Waals surface area contributed by atoms with Gasteiger partial charge in [-0.2, -0.15) is 5.10 Å². The fourth-order valence-corrected chi connectivity index (χ4v) is 2.74. The monoisotopic (exact) mass is 287 g/mol. The lowest BCUT2D eigenvalue weighted by Gasteiger charge is -2.10. The molecule has 21 heavy (non-hydrogen) atoms. The molecule has 0 amide bonds. The Balaban J connectivity index is 1.64. The third-order valence-electron chi connectivity index (χ3n) is 3.96. The smallest absolute Gasteiger partial charge is 0.146 e. The number of aromatic nitrogens is 2. The second kappa shape index (κ2) is 6.08. The van der Waals surface area contributed by atoms with Gasteiger partial charge in [0, 0.05) is 12.3 Å². The van der Waals surface area contributed by atoms with Crippen LogP contribution in [-0.4, -0.2) is 16.9 Å². The molecule has 0 atom stereocenters. The van der Waals surface area contributed by atoms with Gasteiger partial charge in [-0.3, -0.25) is 4.68 Å². The fourth-order valence-electron chi connectivity index (χ4n) is 2.74. The van der Waals surface area contributed by atoms with Crippen LogP contribution in [0.2, 0.25) is 0 Å². The molecule has 3 rings (SSSR count). The number of hydrogen-bond donors (Lipinski definition) is 1. The van der Waals surface area contributed by atoms with Crippen LogP contribution < -0.4 is 15.2 Å². The van der Waals surface area contributed by atoms with Crippen LogP contribution in [0.4, 0.5) is 5.69 Å². The zero-order valence-electron chi connectivity index (χ0n) is 12.3. The Hall–Kier alpha value is -2.17. The summed E-state index contributed by atoms with van der Waals surface area (Å²) in [6.07, 6.45) is 7.10. The van der Waals surface area contributed by atoms with Gasteiger partial charge in [0.15, 0.2) is 0 Å². The van der Waals surface area contributed by atoms with Gasteiger partial charge in [0.2, 0.25) is 0 Å². The quantitative estimate of drug-likeness (QED) is 0.858. The Bertz CT molecular complexity index is 603. The van der Waals surface area contributed by atoms with Crippen molar-refractivity contribution in [3.8, 4) is 11.5 Å². The Morgan fingerprint density at radius 3 is 2.86 bits per heavy atom. The fraction of sp³-hybridized carbons (Fsp3) is 0.438. The van der Waals surface area contributed by atoms with Gasteiger partial charge in [-0.15, -0.1) is 0 Å². The molecule has 1 fully saturated rings. The van der Waals surface area contributed by atoms with E-state index in [0.29, 0.717) is 24.1 Å². The molecule has 112 valence electrons. The molecular formula is C16H21N3O2. The van der Waals surface area contributed by atoms with Crippen LogP contribution >= 0.6 is 0 Å². The van der Waals surface area contributed by atoms with Crippen LogP contribution in [0.15, 0.2) is 30.5 Å². The highest BCUT2D eigenvalue weighted by Crippen LogP contribution is 2.29. The van der Waals surface area contributed by atoms with Gasteiger partial charge >= 0.3 is 0 Å². The summed E-state index contributed by atoms with van der Waals surface area (Å²) >= 11 is 0. The van der Waals surface area contributed by atoms with Gasteiger partial charge in [-0.05, 0) is 31.0 Å². The van der Waals surface area contributed by atoms with Gasteiger partial charge in [0.1, 0.15) is 18.1 Å². The first-order chi connectivity index (χ1) is 10.3. The van der Waals surface area contributed by atoms with E-state index >= 15 is 0 Å². The maximum atomic E-state index is 5.91. The molecule has 1 aliphatic carbocycles. The molecular weight excluding hydrogens is 266 g/mol. The van der Waals surface area contributed by atoms with Crippen LogP contribution in [0.5, 0.6) is 11.5 Å². The molecule has 0 aliphatic heterocycles. The van der Waals surface area contributed by atoms with E-state index in [1.807, 2.05) is 18.3 Å². The standard InChI is InChI=1S/C16H21N3O2/c1-20-14-6-7-15(17)16(10-14)21-11-12-8-9-19(18-12)13-4-2-3-5-13/h6-10,13H,2-5,11,17H2,1H3. The lowest BCUT2D eigenvalue weighted by Crippen LogP contribution is -2.06. The largest absolute Gasteiger partial charge is 0.497 e. The molecule has 0 saturated heterocycles. The zero-order chi connectivity index (χ0) is 14.7. The number of hydrogen-bond acceptors (Lipinski definition) is 4. The van der Waals surface area contributed by atoms with Crippen molar-refractivity contribution in [2.24, 2.45) is 0 Å². The van der Waals surface area contributed by atoms with Crippen molar-refractivity contribution in [2.75, 3.05) is 12.8 Å². The van der Waals surface area contributed by atoms with Crippen molar-refractivity contribution in [1.29, 1.82) is 0 Å². The van der Waals surface area contributed by atoms with E-state index in [9.17, 15) is 0 Å². The lowest BCUT2D eigenvalue weighted by atomic mass is 10.3. The summed E-state index contributed by atoms with van der Waals surface area (Å²) < 4.78 is 13.0. The van der Waals surface area contributed by atoms with Gasteiger partial charge in [0.05, 0.1) is 24.5 Å². The molecule has 2 aromatic rings. The molecule has 5 nitrogen and oxygen atoms in total. The molecule has 1 aromatic heterocycles. The number of anilines is 1. The van der Waals surface area contributed by atoms with E-state index < -0.39 is 0 Å². The number of methoxy groups -OCH3 is 1. The summed E-state index contributed by atoms with van der Waals surface area (Å²) in [5.41, 5.74) is 7.43. The van der Waals surface area contributed by atoms with Crippen molar-refractivity contribution in [3.05, 3.63) is 36.2 Å². The van der Waals surface area contributed by atoms with E-state index in [1.165, 1.54) is 25.7 Å². The molecule has 1 aliphatic rings. The minimum atomic E-state index is 0.414. The number of rotatable bonds is 5. The van der Waals surface area contributed by atoms with Crippen molar-refractivity contribution < 1.29 is 9.47 Å². The highest BCUT2D eigenvalue weighted by molar-refractivity contribution is 5.55. The van der Waals surface area contributed by atoms with E-state index in [4.69, 9.17) is 15.2 Å². The lowest BCUT2D eigenvalue weighted by molar-refractivity contribution is 0.297. The predicted octanol–water partition coefficient (Wildman–Crippen LogP) is 3.17. The van der Waals surface area contributed by atoms with Crippen molar-refractivity contribution in [2.45, 2.75) is 38.3 Å². The maximum absolute atomic E-state index is 5.91. The summed E-state index contributed by atoms with van der Waals surface area (Å²) in [6.45, 7) is 0.414. The third-order valence-corrected chi connectivity index (χ3v) is 3.96. The Morgan fingerprint density at radius 1 is 1.29 bits per heavy atom. The Morgan fingerprint density at radius 2 is 2.10 bits per heavy atom. The summed E-state index contributed by atoms with van der Waals surface area (Å²) in [6, 6.07) is 7.96. The molecule has 5 heteroatoms. The molecule has 0 radical (unpaired) electrons. The summed E-state index contributed by atoms with van der Waals surface area (Å²) in [5.74, 6) is 1.36. The number of benzene rings is 1. The van der Waals surface area contributed by atoms with E-state index in [0.717, 1.165) is 11.4 Å². The van der Waals surface area contributed by atoms with E-state index in [-0.39, 0.29) is 0 Å². The predicted molar refractivity (Wildman–Crippen MR) is 81.5 cm³/mol. The second-order valence-corrected chi connectivity index (χ2v) is 5.42. The molecule has 1 heterocycles. The van der Waals surface area contributed by atoms with Gasteiger partial charge < -0.3 is 15.2 Å². The van der Waals surface area contributed by atoms with Crippen molar-refractivity contribution in [3.63, 3.8) is 0 Å². The summed E-state index contributed by atoms with van der Waals surface area (Å²) in [5, 5.41) is 4.60. The molecule has 0 spiro atoms. The summed E-state index contributed by atoms with van der Waals surface area (Å²) in [4.78, 5) is 0. The van der Waals surface area contributed by atoms with Crippen LogP contribution in [-0.2, 0) is 6.61 Å². The van der Waals surface area contributed by atoms with E-state index in [1.54, 1.807) is 19.2 Å². The molecule has 1 aromatic carbocycles. The minimum Gasteiger partial charge on any atom is -0.497 e. The molecule has 0 bridgehead atoms. The first-order valence-corrected chi connectivity index (χ1v) is 7.36. The van der Waals surface area contributed by atoms with Crippen LogP contribution in [0.1, 0.15) is 37.4 Å². The van der Waals surface area contributed by atoms with Crippen LogP contribution in [0, 0.1) is 0 Å². The highest BCUT2D eigenvalue weighted by atomic mass is 16.5. The van der Waals surface area contributed by atoms with Crippen molar-refractivity contribution >= 4 is 5.69 Å². The highest BCUT2D eigenvalue weighted by Gasteiger charge is 2.17. The Kier molecular flexibility index (Phi) is 3.99. The number of nitrogens with zero attached hydrogens (tertiary/aromatic N) is 2. The topological polar surface area (TPSA) is 62.3 Å². The number of ether oxygens (including phenoxy) is 2. The van der Waals surface area contributed by atoms with Crippen molar-refractivity contribution in [1.82, 2.24) is 9.78 Å². The van der Waals surface area contributed by atoms with E-state index in [2.05, 4.69) is 9.78 Å². The van der Waals surface area contributed by atoms with Gasteiger partial charge in [-0.25, -0.2) is 0 Å². The number of nitrogen functional groups attached to an aromatic ring is 1. The molecule has 2 N–H and O–H groups in total. The molecule has 1 saturated carbocycles. The second-order valence-electron chi connectivity index (χ2n) is 5.42. The SMILES string of the molecule is COc1ccc(N)c(OCc2ccn(C3CCCC3)n2)c1. The Labute approximate surface area is 124 Å². The normalized spacial score (nSPS) is 15.3. The minimum absolute atomic E-state index is 0.414. The third kappa shape index (κ3) is 3.12. The van der Waals surface area contributed by atoms with Crippen LogP contribution in [0.25, 0.3) is 0 Å². The maximum Gasteiger partial charge on any atom is 0.146 e.